The highest BCUT2D eigenvalue weighted by atomic mass is 16.5. The average Bonchev–Trinajstić information content (AvgIpc) is 3.39. The Bertz CT molecular complexity index is 357. The molecule has 0 bridgehead atoms. The number of rotatable bonds is 9. The van der Waals surface area contributed by atoms with Gasteiger partial charge in [-0.1, -0.05) is 13.3 Å². The average molecular weight is 325 g/mol. The Hall–Kier alpha value is -0.810. The van der Waals surface area contributed by atoms with Gasteiger partial charge in [-0.15, -0.1) is 0 Å². The van der Waals surface area contributed by atoms with Crippen LogP contribution < -0.4 is 5.32 Å². The van der Waals surface area contributed by atoms with Crippen molar-refractivity contribution in [1.29, 1.82) is 0 Å². The minimum absolute atomic E-state index is 0.613. The van der Waals surface area contributed by atoms with Crippen LogP contribution in [0.3, 0.4) is 0 Å². The molecular weight excluding hydrogens is 288 g/mol. The lowest BCUT2D eigenvalue weighted by Gasteiger charge is -2.34. The standard InChI is InChI=1S/C18H36N4O/c1-4-19-18(21(3)12-13-23-15-16-9-10-16)20-14-17-8-6-7-11-22(17)5-2/h16-17H,4-15H2,1-3H3,(H,19,20). The molecule has 0 spiro atoms. The maximum Gasteiger partial charge on any atom is 0.193 e. The Labute approximate surface area is 142 Å². The van der Waals surface area contributed by atoms with Gasteiger partial charge in [-0.2, -0.15) is 0 Å². The van der Waals surface area contributed by atoms with Gasteiger partial charge in [0.1, 0.15) is 0 Å². The second kappa shape index (κ2) is 10.1. The summed E-state index contributed by atoms with van der Waals surface area (Å²) >= 11 is 0. The summed E-state index contributed by atoms with van der Waals surface area (Å²) in [6, 6.07) is 0.613. The molecule has 2 aliphatic rings. The van der Waals surface area contributed by atoms with Crippen molar-refractivity contribution in [3.63, 3.8) is 0 Å². The molecule has 5 heteroatoms. The summed E-state index contributed by atoms with van der Waals surface area (Å²) < 4.78 is 5.75. The number of nitrogens with zero attached hydrogens (tertiary/aromatic N) is 3. The fourth-order valence-corrected chi connectivity index (χ4v) is 3.19. The van der Waals surface area contributed by atoms with E-state index in [0.717, 1.165) is 51.3 Å². The molecule has 0 aromatic carbocycles. The predicted molar refractivity (Wildman–Crippen MR) is 97.0 cm³/mol. The number of nitrogens with one attached hydrogen (secondary N) is 1. The highest BCUT2D eigenvalue weighted by molar-refractivity contribution is 5.79. The number of likely N-dealkylation sites (tertiary alicyclic amines) is 1. The van der Waals surface area contributed by atoms with Crippen molar-refractivity contribution >= 4 is 5.96 Å². The molecule has 1 aliphatic carbocycles. The van der Waals surface area contributed by atoms with Gasteiger partial charge in [0.25, 0.3) is 0 Å². The second-order valence-corrected chi connectivity index (χ2v) is 6.91. The first-order valence-corrected chi connectivity index (χ1v) is 9.55. The predicted octanol–water partition coefficient (Wildman–Crippen LogP) is 2.18. The molecule has 1 aliphatic heterocycles. The molecule has 0 amide bonds. The zero-order valence-electron chi connectivity index (χ0n) is 15.4. The summed E-state index contributed by atoms with van der Waals surface area (Å²) in [7, 11) is 2.11. The molecule has 1 N–H and O–H groups in total. The Morgan fingerprint density at radius 3 is 2.78 bits per heavy atom. The highest BCUT2D eigenvalue weighted by Gasteiger charge is 2.22. The second-order valence-electron chi connectivity index (χ2n) is 6.91. The Kier molecular flexibility index (Phi) is 8.17. The van der Waals surface area contributed by atoms with Crippen LogP contribution in [0.25, 0.3) is 0 Å². The summed E-state index contributed by atoms with van der Waals surface area (Å²) in [6.07, 6.45) is 6.68. The van der Waals surface area contributed by atoms with Gasteiger partial charge < -0.3 is 15.0 Å². The SMILES string of the molecule is CCNC(=NCC1CCCCN1CC)N(C)CCOCC1CC1. The monoisotopic (exact) mass is 324 g/mol. The number of aliphatic imine (C=N–C) groups is 1. The normalized spacial score (nSPS) is 23.1. The quantitative estimate of drug-likeness (QED) is 0.401. The molecule has 2 rings (SSSR count). The minimum atomic E-state index is 0.613. The number of guanidine groups is 1. The van der Waals surface area contributed by atoms with Crippen LogP contribution in [0.5, 0.6) is 0 Å². The summed E-state index contributed by atoms with van der Waals surface area (Å²) in [5.41, 5.74) is 0. The van der Waals surface area contributed by atoms with Crippen LogP contribution in [-0.4, -0.2) is 74.8 Å². The maximum atomic E-state index is 5.75. The molecule has 1 saturated carbocycles. The summed E-state index contributed by atoms with van der Waals surface area (Å²) in [6.45, 7) is 11.2. The fraction of sp³-hybridized carbons (Fsp3) is 0.944. The van der Waals surface area contributed by atoms with Crippen LogP contribution in [0.1, 0.15) is 46.0 Å². The van der Waals surface area contributed by atoms with Crippen LogP contribution in [0, 0.1) is 5.92 Å². The molecule has 2 fully saturated rings. The van der Waals surface area contributed by atoms with Crippen LogP contribution >= 0.6 is 0 Å². The van der Waals surface area contributed by atoms with E-state index in [0.29, 0.717) is 6.04 Å². The molecule has 1 saturated heterocycles. The van der Waals surface area contributed by atoms with E-state index >= 15 is 0 Å². The molecule has 1 heterocycles. The Morgan fingerprint density at radius 2 is 2.09 bits per heavy atom. The van der Waals surface area contributed by atoms with Crippen molar-refractivity contribution < 1.29 is 4.74 Å². The smallest absolute Gasteiger partial charge is 0.193 e. The lowest BCUT2D eigenvalue weighted by Crippen LogP contribution is -2.44. The molecule has 0 radical (unpaired) electrons. The summed E-state index contributed by atoms with van der Waals surface area (Å²) in [5.74, 6) is 1.86. The van der Waals surface area contributed by atoms with Crippen LogP contribution in [-0.2, 0) is 4.74 Å². The van der Waals surface area contributed by atoms with E-state index in [2.05, 4.69) is 36.0 Å². The van der Waals surface area contributed by atoms with Crippen molar-refractivity contribution in [3.8, 4) is 0 Å². The van der Waals surface area contributed by atoms with Crippen LogP contribution in [0.2, 0.25) is 0 Å². The number of hydrogen-bond donors (Lipinski definition) is 1. The molecule has 1 unspecified atom stereocenters. The molecule has 1 atom stereocenters. The molecule has 5 nitrogen and oxygen atoms in total. The zero-order chi connectivity index (χ0) is 16.5. The maximum absolute atomic E-state index is 5.75. The molecule has 23 heavy (non-hydrogen) atoms. The first-order valence-electron chi connectivity index (χ1n) is 9.55. The van der Waals surface area contributed by atoms with E-state index in [-0.39, 0.29) is 0 Å². The minimum Gasteiger partial charge on any atom is -0.379 e. The van der Waals surface area contributed by atoms with Gasteiger partial charge in [-0.3, -0.25) is 9.89 Å². The van der Waals surface area contributed by atoms with Gasteiger partial charge in [0.15, 0.2) is 5.96 Å². The van der Waals surface area contributed by atoms with Crippen molar-refractivity contribution in [1.82, 2.24) is 15.1 Å². The van der Waals surface area contributed by atoms with E-state index in [4.69, 9.17) is 9.73 Å². The summed E-state index contributed by atoms with van der Waals surface area (Å²) in [5, 5.41) is 3.42. The Balaban J connectivity index is 1.77. The van der Waals surface area contributed by atoms with Crippen molar-refractivity contribution in [2.45, 2.75) is 52.0 Å². The lowest BCUT2D eigenvalue weighted by molar-refractivity contribution is 0.115. The summed E-state index contributed by atoms with van der Waals surface area (Å²) in [4.78, 5) is 9.68. The number of ether oxygens (including phenoxy) is 1. The van der Waals surface area contributed by atoms with Gasteiger partial charge in [-0.05, 0) is 51.6 Å². The third-order valence-electron chi connectivity index (χ3n) is 4.93. The van der Waals surface area contributed by atoms with Crippen molar-refractivity contribution in [2.24, 2.45) is 10.9 Å². The topological polar surface area (TPSA) is 40.1 Å². The molecule has 0 aromatic heterocycles. The zero-order valence-corrected chi connectivity index (χ0v) is 15.4. The first-order chi connectivity index (χ1) is 11.2. The highest BCUT2D eigenvalue weighted by Crippen LogP contribution is 2.28. The number of hydrogen-bond acceptors (Lipinski definition) is 3. The van der Waals surface area contributed by atoms with Gasteiger partial charge >= 0.3 is 0 Å². The van der Waals surface area contributed by atoms with Crippen LogP contribution in [0.15, 0.2) is 4.99 Å². The fourth-order valence-electron chi connectivity index (χ4n) is 3.19. The van der Waals surface area contributed by atoms with E-state index in [1.54, 1.807) is 0 Å². The van der Waals surface area contributed by atoms with E-state index in [1.165, 1.54) is 38.6 Å². The van der Waals surface area contributed by atoms with Gasteiger partial charge in [0.05, 0.1) is 13.2 Å². The number of piperidine rings is 1. The molecule has 134 valence electrons. The van der Waals surface area contributed by atoms with Gasteiger partial charge in [0.2, 0.25) is 0 Å². The first kappa shape index (κ1) is 18.5. The van der Waals surface area contributed by atoms with E-state index in [9.17, 15) is 0 Å². The van der Waals surface area contributed by atoms with E-state index < -0.39 is 0 Å². The molecule has 0 aromatic rings. The van der Waals surface area contributed by atoms with E-state index in [1.807, 2.05) is 0 Å². The van der Waals surface area contributed by atoms with Crippen molar-refractivity contribution in [2.75, 3.05) is 53.0 Å². The van der Waals surface area contributed by atoms with Crippen LogP contribution in [0.4, 0.5) is 0 Å². The molecular formula is C18H36N4O. The van der Waals surface area contributed by atoms with Crippen molar-refractivity contribution in [3.05, 3.63) is 0 Å². The van der Waals surface area contributed by atoms with Gasteiger partial charge in [-0.25, -0.2) is 0 Å². The lowest BCUT2D eigenvalue weighted by atomic mass is 10.0. The third-order valence-corrected chi connectivity index (χ3v) is 4.93. The Morgan fingerprint density at radius 1 is 1.26 bits per heavy atom. The largest absolute Gasteiger partial charge is 0.379 e. The third kappa shape index (κ3) is 6.68. The number of likely N-dealkylation sites (N-methyl/N-ethyl adjacent to an activating group) is 2. The van der Waals surface area contributed by atoms with Gasteiger partial charge in [0, 0.05) is 32.8 Å².